The molecule has 0 aromatic carbocycles. The number of carbonyl (C=O) groups is 1. The molecule has 0 aliphatic rings. The number of nitrogens with zero attached hydrogens (tertiary/aromatic N) is 4. The molecule has 0 radical (unpaired) electrons. The number of H-pyrrole nitrogens is 1. The Morgan fingerprint density at radius 3 is 3.25 bits per heavy atom. The van der Waals surface area contributed by atoms with Crippen LogP contribution in [0.15, 0.2) is 24.1 Å². The van der Waals surface area contributed by atoms with Crippen LogP contribution >= 0.6 is 11.3 Å². The van der Waals surface area contributed by atoms with Crippen LogP contribution in [0.5, 0.6) is 0 Å². The van der Waals surface area contributed by atoms with E-state index < -0.39 is 0 Å². The topological polar surface area (TPSA) is 75.9 Å². The van der Waals surface area contributed by atoms with E-state index in [2.05, 4.69) is 20.2 Å². The van der Waals surface area contributed by atoms with Crippen molar-refractivity contribution in [1.29, 1.82) is 0 Å². The van der Waals surface area contributed by atoms with E-state index in [1.807, 2.05) is 22.2 Å². The maximum Gasteiger partial charge on any atom is 0.205 e. The van der Waals surface area contributed by atoms with Crippen LogP contribution in [-0.2, 0) is 6.42 Å². The van der Waals surface area contributed by atoms with E-state index in [0.29, 0.717) is 0 Å². The molecule has 0 saturated carbocycles. The highest BCUT2D eigenvalue weighted by Crippen LogP contribution is 2.12. The largest absolute Gasteiger partial charge is 0.297 e. The van der Waals surface area contributed by atoms with Gasteiger partial charge in [0, 0.05) is 17.8 Å². The summed E-state index contributed by atoms with van der Waals surface area (Å²) < 4.78 is 1.90. The van der Waals surface area contributed by atoms with Gasteiger partial charge in [-0.05, 0) is 0 Å². The predicted molar refractivity (Wildman–Crippen MR) is 57.5 cm³/mol. The van der Waals surface area contributed by atoms with Crippen molar-refractivity contribution in [2.24, 2.45) is 0 Å². The molecule has 3 heterocycles. The van der Waals surface area contributed by atoms with Crippen LogP contribution in [0, 0.1) is 0 Å². The summed E-state index contributed by atoms with van der Waals surface area (Å²) in [6.07, 6.45) is 5.32. The number of Topliss-reactive ketones (excluding diaryl/α,β-unsaturated/α-hetero) is 1. The highest BCUT2D eigenvalue weighted by atomic mass is 32.1. The molecule has 3 aromatic heterocycles. The Kier molecular flexibility index (Phi) is 2.03. The van der Waals surface area contributed by atoms with Crippen LogP contribution in [-0.4, -0.2) is 30.3 Å². The molecule has 0 bridgehead atoms. The van der Waals surface area contributed by atoms with Crippen LogP contribution < -0.4 is 0 Å². The van der Waals surface area contributed by atoms with Gasteiger partial charge in [-0.1, -0.05) is 0 Å². The number of aromatic amines is 1. The minimum Gasteiger partial charge on any atom is -0.297 e. The number of hydrogen-bond acceptors (Lipinski definition) is 5. The third-order valence-corrected chi connectivity index (χ3v) is 2.93. The normalized spacial score (nSPS) is 11.0. The second-order valence-corrected chi connectivity index (χ2v) is 4.13. The van der Waals surface area contributed by atoms with E-state index in [1.165, 1.54) is 17.7 Å². The molecule has 7 heteroatoms. The summed E-state index contributed by atoms with van der Waals surface area (Å²) in [4.78, 5) is 20.7. The van der Waals surface area contributed by atoms with Gasteiger partial charge in [-0.3, -0.25) is 14.3 Å². The first-order chi connectivity index (χ1) is 7.83. The molecule has 0 atom stereocenters. The fraction of sp³-hybridized carbons (Fsp3) is 0.111. The summed E-state index contributed by atoms with van der Waals surface area (Å²) in [6.45, 7) is 0. The third-order valence-electron chi connectivity index (χ3n) is 2.16. The quantitative estimate of drug-likeness (QED) is 0.683. The molecule has 3 rings (SSSR count). The van der Waals surface area contributed by atoms with Crippen LogP contribution in [0.1, 0.15) is 16.3 Å². The zero-order valence-electron chi connectivity index (χ0n) is 8.12. The molecule has 80 valence electrons. The number of ketones is 1. The molecule has 0 aliphatic carbocycles. The highest BCUT2D eigenvalue weighted by molar-refractivity contribution is 7.15. The van der Waals surface area contributed by atoms with E-state index in [9.17, 15) is 4.79 Å². The van der Waals surface area contributed by atoms with Gasteiger partial charge in [-0.15, -0.1) is 11.3 Å². The summed E-state index contributed by atoms with van der Waals surface area (Å²) in [5, 5.41) is 8.13. The highest BCUT2D eigenvalue weighted by Gasteiger charge is 2.12. The molecule has 0 unspecified atom stereocenters. The Morgan fingerprint density at radius 1 is 1.56 bits per heavy atom. The lowest BCUT2D eigenvalue weighted by Gasteiger charge is -1.91. The van der Waals surface area contributed by atoms with Crippen LogP contribution in [0.3, 0.4) is 0 Å². The predicted octanol–water partition coefficient (Wildman–Crippen LogP) is 0.939. The summed E-state index contributed by atoms with van der Waals surface area (Å²) in [6, 6.07) is 0. The molecule has 1 N–H and O–H groups in total. The molecule has 16 heavy (non-hydrogen) atoms. The zero-order chi connectivity index (χ0) is 11.0. The minimum atomic E-state index is -0.108. The van der Waals surface area contributed by atoms with Gasteiger partial charge >= 0.3 is 0 Å². The van der Waals surface area contributed by atoms with Crippen molar-refractivity contribution in [1.82, 2.24) is 24.6 Å². The van der Waals surface area contributed by atoms with Gasteiger partial charge in [-0.2, -0.15) is 5.10 Å². The standard InChI is InChI=1S/C9H7N5OS/c15-7(8-10-5-11-13-8)3-6-4-14-1-2-16-9(14)12-6/h1-2,4-5H,3H2,(H,10,11,13). The number of aromatic nitrogens is 5. The molecular formula is C9H7N5OS. The lowest BCUT2D eigenvalue weighted by atomic mass is 10.2. The number of fused-ring (bicyclic) bond motifs is 1. The Bertz CT molecular complexity index is 595. The van der Waals surface area contributed by atoms with E-state index in [4.69, 9.17) is 0 Å². The average Bonchev–Trinajstić information content (AvgIpc) is 2.91. The number of nitrogens with one attached hydrogen (secondary N) is 1. The Labute approximate surface area is 94.0 Å². The maximum atomic E-state index is 11.7. The molecule has 0 aliphatic heterocycles. The van der Waals surface area contributed by atoms with Crippen molar-refractivity contribution in [3.63, 3.8) is 0 Å². The summed E-state index contributed by atoms with van der Waals surface area (Å²) in [5.74, 6) is 0.166. The van der Waals surface area contributed by atoms with E-state index in [-0.39, 0.29) is 18.0 Å². The molecule has 0 spiro atoms. The maximum absolute atomic E-state index is 11.7. The average molecular weight is 233 g/mol. The van der Waals surface area contributed by atoms with Crippen molar-refractivity contribution in [2.75, 3.05) is 0 Å². The Hall–Kier alpha value is -2.02. The first-order valence-corrected chi connectivity index (χ1v) is 5.50. The lowest BCUT2D eigenvalue weighted by molar-refractivity contribution is 0.0982. The van der Waals surface area contributed by atoms with Gasteiger partial charge in [-0.25, -0.2) is 9.97 Å². The lowest BCUT2D eigenvalue weighted by Crippen LogP contribution is -2.06. The number of rotatable bonds is 3. The number of imidazole rings is 1. The van der Waals surface area contributed by atoms with Gasteiger partial charge in [0.05, 0.1) is 12.1 Å². The van der Waals surface area contributed by atoms with Gasteiger partial charge in [0.1, 0.15) is 6.33 Å². The smallest absolute Gasteiger partial charge is 0.205 e. The number of hydrogen-bond donors (Lipinski definition) is 1. The second kappa shape index (κ2) is 3.53. The molecule has 0 amide bonds. The second-order valence-electron chi connectivity index (χ2n) is 3.26. The Morgan fingerprint density at radius 2 is 2.50 bits per heavy atom. The van der Waals surface area contributed by atoms with Crippen molar-refractivity contribution in [3.8, 4) is 0 Å². The van der Waals surface area contributed by atoms with Crippen LogP contribution in [0.2, 0.25) is 0 Å². The van der Waals surface area contributed by atoms with E-state index in [1.54, 1.807) is 0 Å². The summed E-state index contributed by atoms with van der Waals surface area (Å²) in [7, 11) is 0. The van der Waals surface area contributed by atoms with E-state index >= 15 is 0 Å². The van der Waals surface area contributed by atoms with Gasteiger partial charge in [0.15, 0.2) is 10.8 Å². The van der Waals surface area contributed by atoms with Crippen molar-refractivity contribution in [3.05, 3.63) is 35.6 Å². The first kappa shape index (κ1) is 9.22. The fourth-order valence-corrected chi connectivity index (χ4v) is 2.17. The molecule has 3 aromatic rings. The van der Waals surface area contributed by atoms with Crippen molar-refractivity contribution < 1.29 is 4.79 Å². The van der Waals surface area contributed by atoms with Crippen LogP contribution in [0.4, 0.5) is 0 Å². The molecule has 6 nitrogen and oxygen atoms in total. The third kappa shape index (κ3) is 1.50. The van der Waals surface area contributed by atoms with Crippen molar-refractivity contribution >= 4 is 22.1 Å². The Balaban J connectivity index is 1.85. The zero-order valence-corrected chi connectivity index (χ0v) is 8.94. The van der Waals surface area contributed by atoms with Crippen LogP contribution in [0.25, 0.3) is 4.96 Å². The monoisotopic (exact) mass is 233 g/mol. The molecule has 0 saturated heterocycles. The van der Waals surface area contributed by atoms with Crippen molar-refractivity contribution in [2.45, 2.75) is 6.42 Å². The number of carbonyl (C=O) groups excluding carboxylic acids is 1. The van der Waals surface area contributed by atoms with Gasteiger partial charge in [0.2, 0.25) is 5.78 Å². The number of thiazole rings is 1. The SMILES string of the molecule is O=C(Cc1cn2ccsc2n1)c1ncn[nH]1. The molecular weight excluding hydrogens is 226 g/mol. The molecule has 0 fully saturated rings. The van der Waals surface area contributed by atoms with Gasteiger partial charge in [0.25, 0.3) is 0 Å². The fourth-order valence-electron chi connectivity index (χ4n) is 1.45. The summed E-state index contributed by atoms with van der Waals surface area (Å²) in [5.41, 5.74) is 0.744. The van der Waals surface area contributed by atoms with Gasteiger partial charge < -0.3 is 0 Å². The summed E-state index contributed by atoms with van der Waals surface area (Å²) >= 11 is 1.54. The minimum absolute atomic E-state index is 0.108. The van der Waals surface area contributed by atoms with E-state index in [0.717, 1.165) is 10.7 Å². The first-order valence-electron chi connectivity index (χ1n) is 4.62.